The van der Waals surface area contributed by atoms with Crippen molar-refractivity contribution >= 4 is 23.6 Å². The monoisotopic (exact) mass is 546 g/mol. The van der Waals surface area contributed by atoms with Gasteiger partial charge in [-0.1, -0.05) is 0 Å². The van der Waals surface area contributed by atoms with Gasteiger partial charge in [-0.2, -0.15) is 20.6 Å². The number of carbonyl (C=O) groups is 1. The van der Waals surface area contributed by atoms with Crippen LogP contribution in [0.3, 0.4) is 0 Å². The van der Waals surface area contributed by atoms with E-state index in [1.807, 2.05) is 49.9 Å². The molecule has 10 heteroatoms. The number of aromatic nitrogens is 4. The first-order valence-corrected chi connectivity index (χ1v) is 14.1. The molecular formula is C31H30N8O2. The zero-order valence-electron chi connectivity index (χ0n) is 23.3. The molecule has 1 aliphatic heterocycles. The quantitative estimate of drug-likeness (QED) is 0.361. The maximum Gasteiger partial charge on any atom is 0.278 e. The first-order valence-electron chi connectivity index (χ1n) is 14.1. The lowest BCUT2D eigenvalue weighted by molar-refractivity contribution is -0.0665. The molecule has 41 heavy (non-hydrogen) atoms. The van der Waals surface area contributed by atoms with E-state index in [9.17, 15) is 10.1 Å². The number of amides is 1. The molecule has 0 radical (unpaired) electrons. The highest BCUT2D eigenvalue weighted by atomic mass is 16.5. The van der Waals surface area contributed by atoms with Gasteiger partial charge in [-0.3, -0.25) is 14.4 Å². The molecule has 4 fully saturated rings. The molecule has 3 aromatic rings. The van der Waals surface area contributed by atoms with Gasteiger partial charge in [0.25, 0.3) is 5.91 Å². The molecule has 8 rings (SSSR count). The van der Waals surface area contributed by atoms with Crippen LogP contribution < -0.4 is 15.0 Å². The summed E-state index contributed by atoms with van der Waals surface area (Å²) >= 11 is 0. The number of carbonyl (C=O) groups excluding carboxylic acids is 1. The van der Waals surface area contributed by atoms with Gasteiger partial charge in [-0.15, -0.1) is 0 Å². The molecule has 1 amide bonds. The van der Waals surface area contributed by atoms with Crippen LogP contribution in [0, 0.1) is 41.9 Å². The van der Waals surface area contributed by atoms with Gasteiger partial charge in [0, 0.05) is 17.8 Å². The van der Waals surface area contributed by atoms with Gasteiger partial charge in [0.2, 0.25) is 11.8 Å². The first-order chi connectivity index (χ1) is 19.7. The maximum absolute atomic E-state index is 13.9. The first kappa shape index (κ1) is 25.3. The third-order valence-corrected chi connectivity index (χ3v) is 9.13. The normalized spacial score (nSPS) is 26.0. The Morgan fingerprint density at radius 2 is 1.88 bits per heavy atom. The van der Waals surface area contributed by atoms with Crippen molar-refractivity contribution in [1.29, 1.82) is 10.5 Å². The molecule has 2 aromatic heterocycles. The second kappa shape index (κ2) is 8.90. The summed E-state index contributed by atoms with van der Waals surface area (Å²) in [4.78, 5) is 25.2. The van der Waals surface area contributed by atoms with E-state index in [4.69, 9.17) is 20.0 Å². The fourth-order valence-electron chi connectivity index (χ4n) is 6.93. The van der Waals surface area contributed by atoms with Crippen molar-refractivity contribution in [2.45, 2.75) is 76.9 Å². The van der Waals surface area contributed by atoms with Crippen molar-refractivity contribution in [2.75, 3.05) is 10.2 Å². The molecule has 0 saturated heterocycles. The van der Waals surface area contributed by atoms with Crippen LogP contribution in [0.5, 0.6) is 11.6 Å². The molecule has 1 atom stereocenters. The minimum Gasteiger partial charge on any atom is -0.438 e. The highest BCUT2D eigenvalue weighted by Gasteiger charge is 2.69. The topological polar surface area (TPSA) is 133 Å². The van der Waals surface area contributed by atoms with E-state index in [0.717, 1.165) is 54.5 Å². The number of nitriles is 2. The third kappa shape index (κ3) is 3.89. The SMILES string of the molecule is Cc1cc(/C=C/C#N)cc(C)c1Oc1nc(NC23CC(C#N)(C2)C3)nc2c1C(C)N(c1cnn(C3CCC3)c1)C2=O. The number of rotatable bonds is 7. The van der Waals surface area contributed by atoms with Crippen LogP contribution in [0.25, 0.3) is 6.08 Å². The van der Waals surface area contributed by atoms with Crippen molar-refractivity contribution in [3.05, 3.63) is 58.6 Å². The molecule has 3 heterocycles. The fourth-order valence-corrected chi connectivity index (χ4v) is 6.93. The van der Waals surface area contributed by atoms with Gasteiger partial charge >= 0.3 is 0 Å². The average molecular weight is 547 g/mol. The molecule has 0 spiro atoms. The van der Waals surface area contributed by atoms with Crippen LogP contribution in [0.4, 0.5) is 11.6 Å². The summed E-state index contributed by atoms with van der Waals surface area (Å²) in [7, 11) is 0. The number of hydrogen-bond acceptors (Lipinski definition) is 8. The summed E-state index contributed by atoms with van der Waals surface area (Å²) in [5.41, 5.74) is 3.90. The summed E-state index contributed by atoms with van der Waals surface area (Å²) in [6.45, 7) is 5.86. The largest absolute Gasteiger partial charge is 0.438 e. The average Bonchev–Trinajstić information content (AvgIpc) is 3.42. The van der Waals surface area contributed by atoms with Gasteiger partial charge in [0.05, 0.1) is 47.1 Å². The van der Waals surface area contributed by atoms with Crippen LogP contribution in [-0.4, -0.2) is 31.2 Å². The number of anilines is 2. The van der Waals surface area contributed by atoms with Crippen molar-refractivity contribution in [2.24, 2.45) is 5.41 Å². The van der Waals surface area contributed by atoms with E-state index in [1.54, 1.807) is 17.2 Å². The zero-order chi connectivity index (χ0) is 28.5. The number of nitrogens with zero attached hydrogens (tertiary/aromatic N) is 7. The van der Waals surface area contributed by atoms with Crippen molar-refractivity contribution in [3.63, 3.8) is 0 Å². The van der Waals surface area contributed by atoms with Gasteiger partial charge in [0.15, 0.2) is 0 Å². The molecule has 206 valence electrons. The second-order valence-corrected chi connectivity index (χ2v) is 12.1. The summed E-state index contributed by atoms with van der Waals surface area (Å²) < 4.78 is 8.50. The van der Waals surface area contributed by atoms with Gasteiger partial charge in [-0.25, -0.2) is 4.98 Å². The summed E-state index contributed by atoms with van der Waals surface area (Å²) in [6.07, 6.45) is 12.5. The molecular weight excluding hydrogens is 516 g/mol. The van der Waals surface area contributed by atoms with Crippen LogP contribution in [-0.2, 0) is 0 Å². The van der Waals surface area contributed by atoms with Crippen LogP contribution >= 0.6 is 0 Å². The lowest BCUT2D eigenvalue weighted by atomic mass is 9.40. The number of benzene rings is 1. The number of nitrogens with one attached hydrogen (secondary N) is 1. The van der Waals surface area contributed by atoms with E-state index in [0.29, 0.717) is 34.9 Å². The van der Waals surface area contributed by atoms with Crippen molar-refractivity contribution in [3.8, 4) is 23.8 Å². The predicted octanol–water partition coefficient (Wildman–Crippen LogP) is 5.92. The van der Waals surface area contributed by atoms with Crippen LogP contribution in [0.15, 0.2) is 30.6 Å². The Morgan fingerprint density at radius 1 is 1.15 bits per heavy atom. The molecule has 1 aromatic carbocycles. The zero-order valence-corrected chi connectivity index (χ0v) is 23.3. The Balaban J connectivity index is 1.27. The predicted molar refractivity (Wildman–Crippen MR) is 151 cm³/mol. The van der Waals surface area contributed by atoms with Crippen LogP contribution in [0.1, 0.15) is 90.3 Å². The Hall–Kier alpha value is -4.70. The van der Waals surface area contributed by atoms with E-state index in [1.165, 1.54) is 12.5 Å². The molecule has 2 bridgehead atoms. The number of allylic oxidation sites excluding steroid dienone is 1. The second-order valence-electron chi connectivity index (χ2n) is 12.1. The minimum atomic E-state index is -0.365. The Morgan fingerprint density at radius 3 is 2.51 bits per heavy atom. The maximum atomic E-state index is 13.9. The van der Waals surface area contributed by atoms with Gasteiger partial charge in [0.1, 0.15) is 11.4 Å². The highest BCUT2D eigenvalue weighted by Crippen LogP contribution is 2.67. The Labute approximate surface area is 238 Å². The molecule has 4 aliphatic carbocycles. The Kier molecular flexibility index (Phi) is 5.49. The number of aryl methyl sites for hydroxylation is 2. The van der Waals surface area contributed by atoms with Gasteiger partial charge in [-0.05, 0) is 94.2 Å². The molecule has 1 N–H and O–H groups in total. The van der Waals surface area contributed by atoms with Gasteiger partial charge < -0.3 is 10.1 Å². The Bertz CT molecular complexity index is 1680. The lowest BCUT2D eigenvalue weighted by Gasteiger charge is -2.66. The molecule has 10 nitrogen and oxygen atoms in total. The molecule has 5 aliphatic rings. The number of ether oxygens (including phenoxy) is 1. The third-order valence-electron chi connectivity index (χ3n) is 9.13. The van der Waals surface area contributed by atoms with E-state index >= 15 is 0 Å². The summed E-state index contributed by atoms with van der Waals surface area (Å²) in [5.74, 6) is 1.10. The minimum absolute atomic E-state index is 0.210. The number of fused-ring (bicyclic) bond motifs is 1. The van der Waals surface area contributed by atoms with Crippen LogP contribution in [0.2, 0.25) is 0 Å². The molecule has 4 saturated carbocycles. The summed E-state index contributed by atoms with van der Waals surface area (Å²) in [6, 6.07) is 8.38. The lowest BCUT2D eigenvalue weighted by Crippen LogP contribution is -2.70. The standard InChI is InChI=1S/C31H30N8O2/c1-18-10-21(6-5-9-32)11-19(2)26(18)41-27-24-20(3)39(23-12-34-38(13-23)22-7-4-8-22)28(40)25(24)35-29(36-27)37-31-14-30(15-31,16-31)17-33/h5-6,10-13,20,22H,4,7-8,14-16H2,1-3H3,(H,35,36,37)/b6-5+. The highest BCUT2D eigenvalue weighted by molar-refractivity contribution is 6.10. The molecule has 1 unspecified atom stereocenters. The van der Waals surface area contributed by atoms with E-state index in [2.05, 4.69) is 16.5 Å². The fraction of sp³-hybridized carbons (Fsp3) is 0.419. The van der Waals surface area contributed by atoms with Crippen molar-refractivity contribution in [1.82, 2.24) is 19.7 Å². The van der Waals surface area contributed by atoms with Crippen molar-refractivity contribution < 1.29 is 9.53 Å². The smallest absolute Gasteiger partial charge is 0.278 e. The van der Waals surface area contributed by atoms with E-state index in [-0.39, 0.29) is 22.9 Å². The summed E-state index contributed by atoms with van der Waals surface area (Å²) in [5, 5.41) is 26.4. The number of hydrogen-bond donors (Lipinski definition) is 1. The van der Waals surface area contributed by atoms with E-state index < -0.39 is 0 Å².